The molecule has 2 nitrogen and oxygen atoms in total. The Kier molecular flexibility index (Phi) is 2.63. The van der Waals surface area contributed by atoms with E-state index in [0.717, 1.165) is 29.0 Å². The topological polar surface area (TPSA) is 20.3 Å². The van der Waals surface area contributed by atoms with Crippen LogP contribution in [0.3, 0.4) is 0 Å². The fourth-order valence-electron chi connectivity index (χ4n) is 3.19. The van der Waals surface area contributed by atoms with Crippen molar-refractivity contribution < 1.29 is 4.79 Å². The van der Waals surface area contributed by atoms with Crippen molar-refractivity contribution in [1.82, 2.24) is 4.90 Å². The zero-order valence-electron chi connectivity index (χ0n) is 10.7. The van der Waals surface area contributed by atoms with E-state index >= 15 is 0 Å². The minimum atomic E-state index is -0.390. The van der Waals surface area contributed by atoms with Crippen molar-refractivity contribution in [2.24, 2.45) is 0 Å². The minimum absolute atomic E-state index is 0.130. The van der Waals surface area contributed by atoms with Gasteiger partial charge in [-0.1, -0.05) is 41.9 Å². The van der Waals surface area contributed by atoms with Crippen molar-refractivity contribution in [2.45, 2.75) is 4.87 Å². The van der Waals surface area contributed by atoms with Crippen LogP contribution < -0.4 is 0 Å². The van der Waals surface area contributed by atoms with E-state index in [1.807, 2.05) is 53.1 Å². The fourth-order valence-corrected chi connectivity index (χ4v) is 4.91. The van der Waals surface area contributed by atoms with Gasteiger partial charge < -0.3 is 4.90 Å². The normalized spacial score (nSPS) is 23.9. The molecule has 4 heteroatoms. The number of hydrogen-bond donors (Lipinski definition) is 0. The fraction of sp³-hybridized carbons (Fsp3) is 0.188. The molecule has 100 valence electrons. The number of carbonyl (C=O) groups is 1. The molecular weight excluding hydrogens is 290 g/mol. The van der Waals surface area contributed by atoms with Gasteiger partial charge in [0.2, 0.25) is 0 Å². The van der Waals surface area contributed by atoms with E-state index in [2.05, 4.69) is 12.1 Å². The molecule has 2 aliphatic heterocycles. The van der Waals surface area contributed by atoms with Gasteiger partial charge in [0, 0.05) is 28.4 Å². The van der Waals surface area contributed by atoms with Gasteiger partial charge in [-0.3, -0.25) is 4.79 Å². The molecule has 1 fully saturated rings. The van der Waals surface area contributed by atoms with Crippen LogP contribution in [-0.2, 0) is 4.87 Å². The second kappa shape index (κ2) is 4.27. The van der Waals surface area contributed by atoms with Crippen LogP contribution in [0, 0.1) is 0 Å². The molecule has 1 atom stereocenters. The number of amides is 1. The van der Waals surface area contributed by atoms with Crippen LogP contribution in [0.4, 0.5) is 0 Å². The number of fused-ring (bicyclic) bond motifs is 3. The van der Waals surface area contributed by atoms with Crippen LogP contribution in [0.2, 0.25) is 5.02 Å². The van der Waals surface area contributed by atoms with Crippen molar-refractivity contribution in [3.8, 4) is 0 Å². The van der Waals surface area contributed by atoms with Crippen molar-refractivity contribution in [3.05, 3.63) is 70.2 Å². The van der Waals surface area contributed by atoms with Crippen molar-refractivity contribution in [2.75, 3.05) is 12.3 Å². The summed E-state index contributed by atoms with van der Waals surface area (Å²) < 4.78 is 0. The van der Waals surface area contributed by atoms with Crippen molar-refractivity contribution in [3.63, 3.8) is 0 Å². The lowest BCUT2D eigenvalue weighted by Crippen LogP contribution is -2.37. The first kappa shape index (κ1) is 12.3. The van der Waals surface area contributed by atoms with Gasteiger partial charge in [0.05, 0.1) is 0 Å². The maximum absolute atomic E-state index is 12.6. The molecule has 4 rings (SSSR count). The molecule has 0 saturated carbocycles. The van der Waals surface area contributed by atoms with E-state index in [-0.39, 0.29) is 5.91 Å². The Labute approximate surface area is 126 Å². The average Bonchev–Trinajstić information content (AvgIpc) is 3.00. The smallest absolute Gasteiger partial charge is 0.255 e. The van der Waals surface area contributed by atoms with E-state index in [1.165, 1.54) is 0 Å². The molecule has 2 aromatic carbocycles. The Balaban J connectivity index is 2.01. The molecule has 0 spiro atoms. The molecule has 1 amide bonds. The lowest BCUT2D eigenvalue weighted by Gasteiger charge is -2.32. The lowest BCUT2D eigenvalue weighted by molar-refractivity contribution is 0.0752. The standard InChI is InChI=1S/C16H12ClNOS/c17-12-5-3-4-11(10-12)16-14-7-2-1-6-13(14)15(19)18(16)8-9-20-16/h1-7,10H,8-9H2. The van der Waals surface area contributed by atoms with E-state index in [9.17, 15) is 4.79 Å². The van der Waals surface area contributed by atoms with Gasteiger partial charge in [-0.2, -0.15) is 0 Å². The Hall–Kier alpha value is -1.45. The molecule has 0 bridgehead atoms. The summed E-state index contributed by atoms with van der Waals surface area (Å²) in [6, 6.07) is 15.8. The van der Waals surface area contributed by atoms with Gasteiger partial charge in [0.1, 0.15) is 4.87 Å². The first-order valence-electron chi connectivity index (χ1n) is 6.55. The van der Waals surface area contributed by atoms with Gasteiger partial charge in [-0.05, 0) is 23.8 Å². The zero-order valence-corrected chi connectivity index (χ0v) is 12.2. The number of nitrogens with zero attached hydrogens (tertiary/aromatic N) is 1. The van der Waals surface area contributed by atoms with Crippen LogP contribution in [0.1, 0.15) is 21.5 Å². The summed E-state index contributed by atoms with van der Waals surface area (Å²) in [6.07, 6.45) is 0. The molecule has 0 radical (unpaired) electrons. The number of thioether (sulfide) groups is 1. The van der Waals surface area contributed by atoms with Crippen LogP contribution in [-0.4, -0.2) is 23.1 Å². The first-order valence-corrected chi connectivity index (χ1v) is 7.91. The van der Waals surface area contributed by atoms with Gasteiger partial charge in [-0.25, -0.2) is 0 Å². The molecule has 0 N–H and O–H groups in total. The van der Waals surface area contributed by atoms with E-state index < -0.39 is 4.87 Å². The van der Waals surface area contributed by atoms with Gasteiger partial charge in [-0.15, -0.1) is 11.8 Å². The number of benzene rings is 2. The monoisotopic (exact) mass is 301 g/mol. The highest BCUT2D eigenvalue weighted by Gasteiger charge is 2.54. The van der Waals surface area contributed by atoms with E-state index in [1.54, 1.807) is 0 Å². The Bertz CT molecular complexity index is 717. The van der Waals surface area contributed by atoms with E-state index in [0.29, 0.717) is 5.02 Å². The third-order valence-electron chi connectivity index (χ3n) is 3.99. The molecule has 0 aromatic heterocycles. The molecule has 0 aliphatic carbocycles. The van der Waals surface area contributed by atoms with Gasteiger partial charge >= 0.3 is 0 Å². The average molecular weight is 302 g/mol. The largest absolute Gasteiger partial charge is 0.315 e. The van der Waals surface area contributed by atoms with Gasteiger partial charge in [0.15, 0.2) is 0 Å². The number of hydrogen-bond acceptors (Lipinski definition) is 2. The summed E-state index contributed by atoms with van der Waals surface area (Å²) in [4.78, 5) is 14.2. The second-order valence-electron chi connectivity index (χ2n) is 5.01. The third kappa shape index (κ3) is 1.45. The highest BCUT2D eigenvalue weighted by atomic mass is 35.5. The zero-order chi connectivity index (χ0) is 13.7. The predicted octanol–water partition coefficient (Wildman–Crippen LogP) is 3.74. The number of rotatable bonds is 1. The molecule has 2 heterocycles. The summed E-state index contributed by atoms with van der Waals surface area (Å²) in [5.41, 5.74) is 3.00. The summed E-state index contributed by atoms with van der Waals surface area (Å²) >= 11 is 7.98. The lowest BCUT2D eigenvalue weighted by atomic mass is 9.97. The molecule has 1 saturated heterocycles. The molecule has 2 aromatic rings. The summed E-state index contributed by atoms with van der Waals surface area (Å²) in [5.74, 6) is 1.08. The first-order chi connectivity index (χ1) is 9.73. The quantitative estimate of drug-likeness (QED) is 0.799. The molecule has 1 unspecified atom stereocenters. The Morgan fingerprint density at radius 2 is 2.00 bits per heavy atom. The van der Waals surface area contributed by atoms with Crippen LogP contribution >= 0.6 is 23.4 Å². The maximum Gasteiger partial charge on any atom is 0.255 e. The highest BCUT2D eigenvalue weighted by molar-refractivity contribution is 8.00. The van der Waals surface area contributed by atoms with Crippen molar-refractivity contribution in [1.29, 1.82) is 0 Å². The number of halogens is 1. The van der Waals surface area contributed by atoms with Crippen LogP contribution in [0.15, 0.2) is 48.5 Å². The summed E-state index contributed by atoms with van der Waals surface area (Å²) in [5, 5.41) is 0.709. The SMILES string of the molecule is O=C1c2ccccc2C2(c3cccc(Cl)c3)SCCN12. The predicted molar refractivity (Wildman–Crippen MR) is 82.2 cm³/mol. The second-order valence-corrected chi connectivity index (χ2v) is 6.73. The maximum atomic E-state index is 12.6. The third-order valence-corrected chi connectivity index (χ3v) is 5.71. The highest BCUT2D eigenvalue weighted by Crippen LogP contribution is 2.55. The van der Waals surface area contributed by atoms with Crippen molar-refractivity contribution >= 4 is 29.3 Å². The van der Waals surface area contributed by atoms with Crippen LogP contribution in [0.25, 0.3) is 0 Å². The Morgan fingerprint density at radius 3 is 2.85 bits per heavy atom. The Morgan fingerprint density at radius 1 is 1.15 bits per heavy atom. The van der Waals surface area contributed by atoms with E-state index in [4.69, 9.17) is 11.6 Å². The molecular formula is C16H12ClNOS. The summed E-state index contributed by atoms with van der Waals surface area (Å²) in [6.45, 7) is 0.782. The van der Waals surface area contributed by atoms with Gasteiger partial charge in [0.25, 0.3) is 5.91 Å². The van der Waals surface area contributed by atoms with Crippen LogP contribution in [0.5, 0.6) is 0 Å². The summed E-state index contributed by atoms with van der Waals surface area (Å²) in [7, 11) is 0. The molecule has 20 heavy (non-hydrogen) atoms. The molecule has 2 aliphatic rings. The number of carbonyl (C=O) groups excluding carboxylic acids is 1. The minimum Gasteiger partial charge on any atom is -0.315 e.